The maximum absolute atomic E-state index is 12.2. The fourth-order valence-electron chi connectivity index (χ4n) is 2.74. The van der Waals surface area contributed by atoms with Crippen molar-refractivity contribution in [1.82, 2.24) is 4.90 Å². The van der Waals surface area contributed by atoms with Crippen LogP contribution in [-0.2, 0) is 14.4 Å². The third-order valence-corrected chi connectivity index (χ3v) is 4.99. The number of aromatic hydroxyl groups is 1. The van der Waals surface area contributed by atoms with Gasteiger partial charge in [0.25, 0.3) is 0 Å². The number of hydrogen-bond acceptors (Lipinski definition) is 8. The van der Waals surface area contributed by atoms with E-state index in [1.165, 1.54) is 32.4 Å². The molecule has 0 heterocycles. The molecule has 0 aliphatic heterocycles. The number of rotatable bonds is 11. The van der Waals surface area contributed by atoms with Gasteiger partial charge in [0.05, 0.1) is 20.6 Å². The molecule has 0 aliphatic carbocycles. The van der Waals surface area contributed by atoms with Crippen LogP contribution in [0.15, 0.2) is 48.6 Å². The van der Waals surface area contributed by atoms with Gasteiger partial charge in [0.15, 0.2) is 34.6 Å². The Labute approximate surface area is 199 Å². The van der Waals surface area contributed by atoms with Crippen LogP contribution in [0.2, 0.25) is 0 Å². The highest BCUT2D eigenvalue weighted by Crippen LogP contribution is 2.29. The van der Waals surface area contributed by atoms with Gasteiger partial charge in [-0.25, -0.2) is 4.79 Å². The van der Waals surface area contributed by atoms with E-state index in [0.717, 1.165) is 0 Å². The summed E-state index contributed by atoms with van der Waals surface area (Å²) in [6, 6.07) is 9.13. The number of benzene rings is 2. The maximum Gasteiger partial charge on any atom is 0.328 e. The molecule has 0 aromatic heterocycles. The average molecular weight is 468 g/mol. The Hall–Kier alpha value is -3.91. The van der Waals surface area contributed by atoms with Crippen molar-refractivity contribution < 1.29 is 33.7 Å². The summed E-state index contributed by atoms with van der Waals surface area (Å²) in [5.41, 5.74) is 1.30. The average Bonchev–Trinajstić information content (AvgIpc) is 2.82. The summed E-state index contributed by atoms with van der Waals surface area (Å²) < 4.78 is 15.7. The quantitative estimate of drug-likeness (QED) is 0.232. The van der Waals surface area contributed by atoms with Gasteiger partial charge in [-0.2, -0.15) is 0 Å². The highest BCUT2D eigenvalue weighted by atomic mass is 16.6. The number of carbonyl (C=O) groups is 3. The van der Waals surface area contributed by atoms with Crippen molar-refractivity contribution in [1.29, 1.82) is 0 Å². The van der Waals surface area contributed by atoms with Gasteiger partial charge < -0.3 is 19.3 Å². The summed E-state index contributed by atoms with van der Waals surface area (Å²) in [5.74, 6) is -0.245. The largest absolute Gasteiger partial charge is 0.504 e. The number of phenolic OH excluding ortho intramolecular Hbond substituents is 1. The molecule has 0 bridgehead atoms. The first-order valence-electron chi connectivity index (χ1n) is 10.5. The number of ether oxygens (including phenoxy) is 3. The van der Waals surface area contributed by atoms with Crippen LogP contribution in [0.5, 0.6) is 23.0 Å². The molecule has 180 valence electrons. The predicted molar refractivity (Wildman–Crippen MR) is 129 cm³/mol. The van der Waals surface area contributed by atoms with E-state index in [0.29, 0.717) is 16.9 Å². The van der Waals surface area contributed by atoms with Crippen LogP contribution in [-0.4, -0.2) is 61.9 Å². The second kappa shape index (κ2) is 12.4. The fourth-order valence-corrected chi connectivity index (χ4v) is 2.74. The van der Waals surface area contributed by atoms with Gasteiger partial charge in [0, 0.05) is 0 Å². The minimum absolute atomic E-state index is 0.00256. The number of hydrogen-bond donors (Lipinski definition) is 1. The van der Waals surface area contributed by atoms with E-state index in [1.807, 2.05) is 0 Å². The highest BCUT2D eigenvalue weighted by Gasteiger charge is 2.19. The van der Waals surface area contributed by atoms with E-state index in [9.17, 15) is 19.5 Å². The third-order valence-electron chi connectivity index (χ3n) is 4.99. The third kappa shape index (κ3) is 7.60. The SMILES string of the molecule is COc1cc(/C=C/C(=O)CC(=O)/C=C/c2ccc(OC(=O)C(C)N(C)C)c(OC)c2)ccc1O. The smallest absolute Gasteiger partial charge is 0.328 e. The minimum atomic E-state index is -0.426. The van der Waals surface area contributed by atoms with Gasteiger partial charge in [-0.3, -0.25) is 14.5 Å². The molecule has 2 aromatic carbocycles. The summed E-state index contributed by atoms with van der Waals surface area (Å²) in [6.45, 7) is 1.73. The second-order valence-corrected chi connectivity index (χ2v) is 7.68. The molecule has 0 radical (unpaired) electrons. The first-order chi connectivity index (χ1) is 16.1. The fraction of sp³-hybridized carbons (Fsp3) is 0.269. The molecule has 0 fully saturated rings. The van der Waals surface area contributed by atoms with Crippen LogP contribution in [0.4, 0.5) is 0 Å². The maximum atomic E-state index is 12.2. The number of nitrogens with zero attached hydrogens (tertiary/aromatic N) is 1. The monoisotopic (exact) mass is 467 g/mol. The molecule has 34 heavy (non-hydrogen) atoms. The Bertz CT molecular complexity index is 1100. The van der Waals surface area contributed by atoms with Crippen molar-refractivity contribution in [3.05, 3.63) is 59.7 Å². The zero-order chi connectivity index (χ0) is 25.3. The molecule has 0 aliphatic rings. The van der Waals surface area contributed by atoms with E-state index in [1.54, 1.807) is 68.4 Å². The number of esters is 1. The van der Waals surface area contributed by atoms with Gasteiger partial charge in [-0.05, 0) is 68.6 Å². The molecule has 2 aromatic rings. The molecule has 1 atom stereocenters. The molecule has 0 spiro atoms. The molecule has 1 N–H and O–H groups in total. The number of likely N-dealkylation sites (N-methyl/N-ethyl adjacent to an activating group) is 1. The standard InChI is InChI=1S/C26H29NO7/c1-17(27(2)3)26(31)34-23-13-9-19(15-25(23)33-5)7-11-21(29)16-20(28)10-6-18-8-12-22(30)24(14-18)32-4/h6-15,17,30H,16H2,1-5H3/b10-6+,11-7+. The minimum Gasteiger partial charge on any atom is -0.504 e. The number of carbonyl (C=O) groups excluding carboxylic acids is 3. The van der Waals surface area contributed by atoms with E-state index in [2.05, 4.69) is 0 Å². The number of ketones is 2. The Balaban J connectivity index is 1.99. The Kier molecular flexibility index (Phi) is 9.58. The van der Waals surface area contributed by atoms with Crippen molar-refractivity contribution in [2.24, 2.45) is 0 Å². The van der Waals surface area contributed by atoms with Crippen LogP contribution in [0.3, 0.4) is 0 Å². The van der Waals surface area contributed by atoms with Crippen molar-refractivity contribution in [2.75, 3.05) is 28.3 Å². The summed E-state index contributed by atoms with van der Waals surface area (Å²) in [4.78, 5) is 38.2. The molecule has 1 unspecified atom stereocenters. The number of methoxy groups -OCH3 is 2. The van der Waals surface area contributed by atoms with E-state index in [-0.39, 0.29) is 35.2 Å². The molecule has 8 heteroatoms. The van der Waals surface area contributed by atoms with Gasteiger partial charge in [-0.1, -0.05) is 24.3 Å². The van der Waals surface area contributed by atoms with Gasteiger partial charge >= 0.3 is 5.97 Å². The molecule has 0 saturated carbocycles. The lowest BCUT2D eigenvalue weighted by atomic mass is 10.1. The molecule has 0 amide bonds. The van der Waals surface area contributed by atoms with E-state index in [4.69, 9.17) is 14.2 Å². The van der Waals surface area contributed by atoms with Crippen molar-refractivity contribution in [2.45, 2.75) is 19.4 Å². The van der Waals surface area contributed by atoms with Gasteiger partial charge in [0.2, 0.25) is 0 Å². The van der Waals surface area contributed by atoms with Crippen LogP contribution < -0.4 is 14.2 Å². The molecular weight excluding hydrogens is 438 g/mol. The van der Waals surface area contributed by atoms with Crippen LogP contribution in [0, 0.1) is 0 Å². The summed E-state index contributed by atoms with van der Waals surface area (Å²) in [5, 5.41) is 9.61. The van der Waals surface area contributed by atoms with E-state index >= 15 is 0 Å². The second-order valence-electron chi connectivity index (χ2n) is 7.68. The van der Waals surface area contributed by atoms with Crippen LogP contribution in [0.1, 0.15) is 24.5 Å². The molecule has 2 rings (SSSR count). The normalized spacial score (nSPS) is 12.2. The lowest BCUT2D eigenvalue weighted by molar-refractivity contribution is -0.139. The lowest BCUT2D eigenvalue weighted by Gasteiger charge is -2.18. The summed E-state index contributed by atoms with van der Waals surface area (Å²) >= 11 is 0. The van der Waals surface area contributed by atoms with E-state index < -0.39 is 12.0 Å². The molecular formula is C26H29NO7. The topological polar surface area (TPSA) is 102 Å². The zero-order valence-corrected chi connectivity index (χ0v) is 19.9. The summed E-state index contributed by atoms with van der Waals surface area (Å²) in [6.07, 6.45) is 5.42. The first kappa shape index (κ1) is 26.3. The predicted octanol–water partition coefficient (Wildman–Crippen LogP) is 3.52. The molecule has 0 saturated heterocycles. The first-order valence-corrected chi connectivity index (χ1v) is 10.5. The van der Waals surface area contributed by atoms with Crippen molar-refractivity contribution in [3.63, 3.8) is 0 Å². The Morgan fingerprint density at radius 3 is 1.94 bits per heavy atom. The molecule has 8 nitrogen and oxygen atoms in total. The Morgan fingerprint density at radius 1 is 0.882 bits per heavy atom. The van der Waals surface area contributed by atoms with Gasteiger partial charge in [-0.15, -0.1) is 0 Å². The number of allylic oxidation sites excluding steroid dienone is 2. The number of phenols is 1. The highest BCUT2D eigenvalue weighted by molar-refractivity contribution is 6.10. The van der Waals surface area contributed by atoms with Crippen LogP contribution in [0.25, 0.3) is 12.2 Å². The summed E-state index contributed by atoms with van der Waals surface area (Å²) in [7, 11) is 6.44. The van der Waals surface area contributed by atoms with Gasteiger partial charge in [0.1, 0.15) is 6.04 Å². The van der Waals surface area contributed by atoms with Crippen molar-refractivity contribution >= 4 is 29.7 Å². The van der Waals surface area contributed by atoms with Crippen molar-refractivity contribution in [3.8, 4) is 23.0 Å². The zero-order valence-electron chi connectivity index (χ0n) is 19.9. The lowest BCUT2D eigenvalue weighted by Crippen LogP contribution is -2.35. The Morgan fingerprint density at radius 2 is 1.41 bits per heavy atom. The van der Waals surface area contributed by atoms with Crippen LogP contribution >= 0.6 is 0 Å².